The van der Waals surface area contributed by atoms with Crippen molar-refractivity contribution in [2.45, 2.75) is 71.8 Å². The van der Waals surface area contributed by atoms with Gasteiger partial charge >= 0.3 is 5.97 Å². The highest BCUT2D eigenvalue weighted by atomic mass is 16.6. The number of carbonyl (C=O) groups is 1. The Hall–Kier alpha value is -2.13. The quantitative estimate of drug-likeness (QED) is 0.275. The molecule has 0 radical (unpaired) electrons. The van der Waals surface area contributed by atoms with Crippen LogP contribution < -0.4 is 0 Å². The lowest BCUT2D eigenvalue weighted by molar-refractivity contribution is 0.00226. The molecule has 0 aliphatic heterocycles. The highest BCUT2D eigenvalue weighted by Gasteiger charge is 2.12. The second kappa shape index (κ2) is 13.2. The van der Waals surface area contributed by atoms with Crippen LogP contribution in [0.1, 0.15) is 75.2 Å². The van der Waals surface area contributed by atoms with Gasteiger partial charge in [-0.3, -0.25) is 0 Å². The lowest BCUT2D eigenvalue weighted by Crippen LogP contribution is -2.20. The smallest absolute Gasteiger partial charge is 0.338 e. The number of esters is 1. The van der Waals surface area contributed by atoms with Gasteiger partial charge in [-0.25, -0.2) is 4.79 Å². The molecule has 0 saturated carbocycles. The number of rotatable bonds is 13. The number of carbonyl (C=O) groups excluding carboxylic acids is 1. The summed E-state index contributed by atoms with van der Waals surface area (Å²) in [5, 5.41) is 0. The monoisotopic (exact) mass is 396 g/mol. The van der Waals surface area contributed by atoms with Crippen LogP contribution in [0.25, 0.3) is 11.1 Å². The number of unbranched alkanes of at least 4 members (excludes halogenated alkanes) is 4. The first-order valence-corrected chi connectivity index (χ1v) is 11.1. The first kappa shape index (κ1) is 23.2. The molecular formula is C26H36O3. The third-order valence-corrected chi connectivity index (χ3v) is 4.99. The zero-order valence-electron chi connectivity index (χ0n) is 18.3. The van der Waals surface area contributed by atoms with Gasteiger partial charge in [-0.15, -0.1) is 0 Å². The summed E-state index contributed by atoms with van der Waals surface area (Å²) in [5.74, 6) is -0.303. The predicted molar refractivity (Wildman–Crippen MR) is 120 cm³/mol. The van der Waals surface area contributed by atoms with E-state index in [4.69, 9.17) is 9.47 Å². The maximum absolute atomic E-state index is 12.3. The fourth-order valence-corrected chi connectivity index (χ4v) is 3.27. The Kier molecular flexibility index (Phi) is 10.5. The van der Waals surface area contributed by atoms with E-state index in [1.807, 2.05) is 31.2 Å². The van der Waals surface area contributed by atoms with Crippen molar-refractivity contribution in [2.75, 3.05) is 13.2 Å². The number of hydrogen-bond acceptors (Lipinski definition) is 3. The van der Waals surface area contributed by atoms with E-state index in [9.17, 15) is 4.79 Å². The van der Waals surface area contributed by atoms with Gasteiger partial charge in [0.25, 0.3) is 0 Å². The normalized spacial score (nSPS) is 12.0. The van der Waals surface area contributed by atoms with Gasteiger partial charge in [0.15, 0.2) is 0 Å². The van der Waals surface area contributed by atoms with Crippen LogP contribution in [0.5, 0.6) is 0 Å². The molecule has 0 aliphatic rings. The van der Waals surface area contributed by atoms with Crippen molar-refractivity contribution < 1.29 is 14.3 Å². The molecule has 2 aromatic rings. The van der Waals surface area contributed by atoms with E-state index in [-0.39, 0.29) is 12.1 Å². The molecule has 29 heavy (non-hydrogen) atoms. The summed E-state index contributed by atoms with van der Waals surface area (Å²) < 4.78 is 10.9. The van der Waals surface area contributed by atoms with Gasteiger partial charge < -0.3 is 9.47 Å². The van der Waals surface area contributed by atoms with Crippen molar-refractivity contribution in [3.05, 3.63) is 59.7 Å². The Balaban J connectivity index is 1.85. The summed E-state index contributed by atoms with van der Waals surface area (Å²) in [6, 6.07) is 16.4. The summed E-state index contributed by atoms with van der Waals surface area (Å²) >= 11 is 0. The minimum Gasteiger partial charge on any atom is -0.457 e. The maximum Gasteiger partial charge on any atom is 0.338 e. The van der Waals surface area contributed by atoms with E-state index < -0.39 is 0 Å². The van der Waals surface area contributed by atoms with Crippen molar-refractivity contribution in [1.29, 1.82) is 0 Å². The molecule has 2 aromatic carbocycles. The molecule has 3 heteroatoms. The molecule has 158 valence electrons. The number of hydrogen-bond donors (Lipinski definition) is 0. The topological polar surface area (TPSA) is 35.5 Å². The Morgan fingerprint density at radius 1 is 0.828 bits per heavy atom. The lowest BCUT2D eigenvalue weighted by Gasteiger charge is -2.13. The van der Waals surface area contributed by atoms with Gasteiger partial charge in [0.2, 0.25) is 0 Å². The molecule has 0 amide bonds. The molecule has 0 bridgehead atoms. The van der Waals surface area contributed by atoms with Crippen molar-refractivity contribution >= 4 is 5.97 Å². The van der Waals surface area contributed by atoms with Gasteiger partial charge in [-0.2, -0.15) is 0 Å². The molecule has 0 heterocycles. The van der Waals surface area contributed by atoms with Crippen LogP contribution in [0.15, 0.2) is 48.5 Å². The fraction of sp³-hybridized carbons (Fsp3) is 0.500. The number of ether oxygens (including phenoxy) is 2. The molecule has 2 rings (SSSR count). The van der Waals surface area contributed by atoms with Crippen molar-refractivity contribution in [3.8, 4) is 11.1 Å². The van der Waals surface area contributed by atoms with E-state index in [0.29, 0.717) is 18.8 Å². The predicted octanol–water partition coefficient (Wildman–Crippen LogP) is 6.84. The van der Waals surface area contributed by atoms with Gasteiger partial charge in [0, 0.05) is 6.61 Å². The first-order valence-electron chi connectivity index (χ1n) is 11.1. The molecule has 0 spiro atoms. The fourth-order valence-electron chi connectivity index (χ4n) is 3.27. The summed E-state index contributed by atoms with van der Waals surface area (Å²) in [4.78, 5) is 12.3. The van der Waals surface area contributed by atoms with Crippen LogP contribution in [-0.4, -0.2) is 25.3 Å². The van der Waals surface area contributed by atoms with Crippen molar-refractivity contribution in [1.82, 2.24) is 0 Å². The van der Waals surface area contributed by atoms with Crippen LogP contribution in [-0.2, 0) is 15.9 Å². The summed E-state index contributed by atoms with van der Waals surface area (Å²) in [6.45, 7) is 7.28. The largest absolute Gasteiger partial charge is 0.457 e. The summed E-state index contributed by atoms with van der Waals surface area (Å²) in [7, 11) is 0. The maximum atomic E-state index is 12.3. The third kappa shape index (κ3) is 8.41. The minimum atomic E-state index is -0.303. The van der Waals surface area contributed by atoms with Gasteiger partial charge in [-0.05, 0) is 55.0 Å². The molecule has 3 nitrogen and oxygen atoms in total. The second-order valence-corrected chi connectivity index (χ2v) is 7.73. The van der Waals surface area contributed by atoms with Crippen LogP contribution in [0.3, 0.4) is 0 Å². The molecule has 0 saturated heterocycles. The Morgan fingerprint density at radius 3 is 2.07 bits per heavy atom. The molecule has 1 unspecified atom stereocenters. The van der Waals surface area contributed by atoms with E-state index in [0.717, 1.165) is 18.4 Å². The minimum absolute atomic E-state index is 0.247. The van der Waals surface area contributed by atoms with Crippen molar-refractivity contribution in [2.24, 2.45) is 0 Å². The molecule has 0 aromatic heterocycles. The van der Waals surface area contributed by atoms with Crippen LogP contribution in [0.2, 0.25) is 0 Å². The van der Waals surface area contributed by atoms with Gasteiger partial charge in [-0.1, -0.05) is 75.9 Å². The van der Waals surface area contributed by atoms with Crippen molar-refractivity contribution in [3.63, 3.8) is 0 Å². The van der Waals surface area contributed by atoms with Gasteiger partial charge in [0.05, 0.1) is 12.2 Å². The molecule has 0 N–H and O–H groups in total. The molecule has 1 atom stereocenters. The first-order chi connectivity index (χ1) is 14.1. The highest BCUT2D eigenvalue weighted by Crippen LogP contribution is 2.21. The third-order valence-electron chi connectivity index (χ3n) is 4.99. The highest BCUT2D eigenvalue weighted by molar-refractivity contribution is 5.90. The number of benzene rings is 2. The van der Waals surface area contributed by atoms with E-state index >= 15 is 0 Å². The standard InChI is InChI=1S/C26H36O3/c1-4-6-7-8-9-10-22-11-13-23(14-12-22)24-15-17-25(18-16-24)26(27)29-21(3)20-28-19-5-2/h11-18,21H,4-10,19-20H2,1-3H3. The lowest BCUT2D eigenvalue weighted by atomic mass is 10.00. The molecular weight excluding hydrogens is 360 g/mol. The Bertz CT molecular complexity index is 704. The van der Waals surface area contributed by atoms with E-state index in [1.165, 1.54) is 43.2 Å². The summed E-state index contributed by atoms with van der Waals surface area (Å²) in [5.41, 5.74) is 4.24. The van der Waals surface area contributed by atoms with Crippen LogP contribution in [0, 0.1) is 0 Å². The van der Waals surface area contributed by atoms with Crippen LogP contribution in [0.4, 0.5) is 0 Å². The van der Waals surface area contributed by atoms with E-state index in [2.05, 4.69) is 38.1 Å². The Labute approximate surface area is 176 Å². The SMILES string of the molecule is CCCCCCCc1ccc(-c2ccc(C(=O)OC(C)COCCC)cc2)cc1. The molecule has 0 aliphatic carbocycles. The average molecular weight is 397 g/mol. The molecule has 0 fully saturated rings. The average Bonchev–Trinajstić information content (AvgIpc) is 2.74. The second-order valence-electron chi connectivity index (χ2n) is 7.73. The summed E-state index contributed by atoms with van der Waals surface area (Å²) in [6.07, 6.45) is 8.41. The zero-order valence-corrected chi connectivity index (χ0v) is 18.3. The number of aryl methyl sites for hydroxylation is 1. The van der Waals surface area contributed by atoms with E-state index in [1.54, 1.807) is 0 Å². The zero-order chi connectivity index (χ0) is 20.9. The van der Waals surface area contributed by atoms with Crippen LogP contribution >= 0.6 is 0 Å². The Morgan fingerprint density at radius 2 is 1.45 bits per heavy atom. The van der Waals surface area contributed by atoms with Gasteiger partial charge in [0.1, 0.15) is 6.10 Å².